The van der Waals surface area contributed by atoms with Gasteiger partial charge in [0.05, 0.1) is 6.10 Å². The molecule has 1 aromatic rings. The summed E-state index contributed by atoms with van der Waals surface area (Å²) in [6.07, 6.45) is 6.30. The third-order valence-electron chi connectivity index (χ3n) is 3.29. The predicted molar refractivity (Wildman–Crippen MR) is 75.5 cm³/mol. The van der Waals surface area contributed by atoms with E-state index in [0.29, 0.717) is 11.0 Å². The van der Waals surface area contributed by atoms with Gasteiger partial charge in [0.2, 0.25) is 0 Å². The monoisotopic (exact) mass is 283 g/mol. The Morgan fingerprint density at radius 2 is 2.00 bits per heavy atom. The SMILES string of the molecule is CSc1ncc(B(O)O)c(N[C@H]2CC[C@H](O)CC2)n1. The highest BCUT2D eigenvalue weighted by atomic mass is 32.2. The fourth-order valence-electron chi connectivity index (χ4n) is 2.19. The molecule has 0 saturated heterocycles. The van der Waals surface area contributed by atoms with Crippen molar-refractivity contribution < 1.29 is 15.2 Å². The molecule has 0 amide bonds. The van der Waals surface area contributed by atoms with Gasteiger partial charge in [-0.2, -0.15) is 0 Å². The van der Waals surface area contributed by atoms with Gasteiger partial charge in [0, 0.05) is 17.7 Å². The molecule has 1 fully saturated rings. The number of rotatable bonds is 4. The number of hydrogen-bond donors (Lipinski definition) is 4. The van der Waals surface area contributed by atoms with Crippen LogP contribution < -0.4 is 10.8 Å². The molecule has 6 nitrogen and oxygen atoms in total. The number of anilines is 1. The van der Waals surface area contributed by atoms with E-state index < -0.39 is 7.12 Å². The summed E-state index contributed by atoms with van der Waals surface area (Å²) in [6, 6.07) is 0.200. The Morgan fingerprint density at radius 3 is 2.58 bits per heavy atom. The minimum atomic E-state index is -1.59. The van der Waals surface area contributed by atoms with Crippen LogP contribution in [0.1, 0.15) is 25.7 Å². The molecular weight excluding hydrogens is 265 g/mol. The van der Waals surface area contributed by atoms with Crippen LogP contribution in [0.2, 0.25) is 0 Å². The first-order valence-corrected chi connectivity index (χ1v) is 7.54. The summed E-state index contributed by atoms with van der Waals surface area (Å²) in [5.74, 6) is 0.468. The first-order valence-electron chi connectivity index (χ1n) is 6.32. The summed E-state index contributed by atoms with van der Waals surface area (Å²) in [5, 5.41) is 32.0. The largest absolute Gasteiger partial charge is 0.493 e. The summed E-state index contributed by atoms with van der Waals surface area (Å²) in [7, 11) is -1.59. The maximum Gasteiger partial charge on any atom is 0.493 e. The van der Waals surface area contributed by atoms with Crippen molar-refractivity contribution in [1.29, 1.82) is 0 Å². The lowest BCUT2D eigenvalue weighted by Gasteiger charge is -2.27. The van der Waals surface area contributed by atoms with Gasteiger partial charge in [-0.25, -0.2) is 9.97 Å². The second kappa shape index (κ2) is 6.56. The Balaban J connectivity index is 2.13. The van der Waals surface area contributed by atoms with Crippen molar-refractivity contribution in [2.45, 2.75) is 43.0 Å². The number of nitrogens with zero attached hydrogens (tertiary/aromatic N) is 2. The number of thioether (sulfide) groups is 1. The smallest absolute Gasteiger partial charge is 0.423 e. The molecule has 0 aliphatic heterocycles. The molecule has 19 heavy (non-hydrogen) atoms. The van der Waals surface area contributed by atoms with Gasteiger partial charge in [0.15, 0.2) is 5.16 Å². The molecule has 8 heteroatoms. The van der Waals surface area contributed by atoms with Crippen molar-refractivity contribution in [2.24, 2.45) is 0 Å². The highest BCUT2D eigenvalue weighted by molar-refractivity contribution is 7.98. The van der Waals surface area contributed by atoms with Crippen LogP contribution in [0.25, 0.3) is 0 Å². The summed E-state index contributed by atoms with van der Waals surface area (Å²) < 4.78 is 0. The molecule has 1 heterocycles. The zero-order valence-electron chi connectivity index (χ0n) is 10.8. The van der Waals surface area contributed by atoms with E-state index in [9.17, 15) is 15.2 Å². The van der Waals surface area contributed by atoms with Gasteiger partial charge in [-0.1, -0.05) is 11.8 Å². The Bertz CT molecular complexity index is 428. The van der Waals surface area contributed by atoms with Crippen molar-refractivity contribution in [2.75, 3.05) is 11.6 Å². The molecule has 2 rings (SSSR count). The van der Waals surface area contributed by atoms with Crippen molar-refractivity contribution in [3.05, 3.63) is 6.20 Å². The van der Waals surface area contributed by atoms with Gasteiger partial charge in [-0.15, -0.1) is 0 Å². The Kier molecular flexibility index (Phi) is 5.03. The van der Waals surface area contributed by atoms with Crippen LogP contribution in [-0.4, -0.2) is 50.6 Å². The van der Waals surface area contributed by atoms with Gasteiger partial charge >= 0.3 is 7.12 Å². The molecule has 1 aromatic heterocycles. The average molecular weight is 283 g/mol. The van der Waals surface area contributed by atoms with Crippen molar-refractivity contribution in [3.8, 4) is 0 Å². The van der Waals surface area contributed by atoms with Crippen LogP contribution in [-0.2, 0) is 0 Å². The zero-order valence-corrected chi connectivity index (χ0v) is 11.6. The van der Waals surface area contributed by atoms with E-state index in [1.807, 2.05) is 6.26 Å². The maximum absolute atomic E-state index is 9.48. The van der Waals surface area contributed by atoms with Crippen LogP contribution in [0.4, 0.5) is 5.82 Å². The number of aliphatic hydroxyl groups excluding tert-OH is 1. The quantitative estimate of drug-likeness (QED) is 0.339. The fourth-order valence-corrected chi connectivity index (χ4v) is 2.53. The lowest BCUT2D eigenvalue weighted by atomic mass is 9.81. The third-order valence-corrected chi connectivity index (χ3v) is 3.86. The second-order valence-corrected chi connectivity index (χ2v) is 5.46. The molecular formula is C11H18BN3O3S. The highest BCUT2D eigenvalue weighted by Crippen LogP contribution is 2.21. The maximum atomic E-state index is 9.48. The van der Waals surface area contributed by atoms with Gasteiger partial charge in [0.1, 0.15) is 5.82 Å². The summed E-state index contributed by atoms with van der Waals surface area (Å²) >= 11 is 1.40. The molecule has 0 radical (unpaired) electrons. The van der Waals surface area contributed by atoms with E-state index in [2.05, 4.69) is 15.3 Å². The van der Waals surface area contributed by atoms with E-state index in [-0.39, 0.29) is 17.6 Å². The van der Waals surface area contributed by atoms with Crippen molar-refractivity contribution >= 4 is 30.2 Å². The molecule has 1 aliphatic carbocycles. The van der Waals surface area contributed by atoms with Gasteiger partial charge in [0.25, 0.3) is 0 Å². The van der Waals surface area contributed by atoms with Crippen LogP contribution in [0.5, 0.6) is 0 Å². The molecule has 104 valence electrons. The Hall–Kier alpha value is -0.825. The lowest BCUT2D eigenvalue weighted by Crippen LogP contribution is -2.37. The summed E-state index contributed by atoms with van der Waals surface area (Å²) in [5.41, 5.74) is 0.281. The van der Waals surface area contributed by atoms with Crippen LogP contribution in [0, 0.1) is 0 Å². The van der Waals surface area contributed by atoms with Crippen LogP contribution >= 0.6 is 11.8 Å². The molecule has 1 saturated carbocycles. The normalized spacial score (nSPS) is 23.2. The number of aliphatic hydroxyl groups is 1. The van der Waals surface area contributed by atoms with Crippen LogP contribution in [0.3, 0.4) is 0 Å². The molecule has 1 aliphatic rings. The Labute approximate surface area is 116 Å². The number of nitrogens with one attached hydrogen (secondary N) is 1. The molecule has 0 unspecified atom stereocenters. The fraction of sp³-hybridized carbons (Fsp3) is 0.636. The minimum absolute atomic E-state index is 0.200. The summed E-state index contributed by atoms with van der Waals surface area (Å²) in [4.78, 5) is 8.32. The molecule has 0 spiro atoms. The topological polar surface area (TPSA) is 98.5 Å². The first-order chi connectivity index (χ1) is 9.10. The van der Waals surface area contributed by atoms with Crippen molar-refractivity contribution in [3.63, 3.8) is 0 Å². The number of hydrogen-bond acceptors (Lipinski definition) is 7. The molecule has 4 N–H and O–H groups in total. The van der Waals surface area contributed by atoms with Crippen molar-refractivity contribution in [1.82, 2.24) is 9.97 Å². The zero-order chi connectivity index (χ0) is 13.8. The molecule has 0 atom stereocenters. The average Bonchev–Trinajstić information content (AvgIpc) is 2.41. The number of aromatic nitrogens is 2. The van der Waals surface area contributed by atoms with E-state index in [1.165, 1.54) is 18.0 Å². The second-order valence-electron chi connectivity index (χ2n) is 4.68. The van der Waals surface area contributed by atoms with E-state index in [4.69, 9.17) is 0 Å². The molecule has 0 aromatic carbocycles. The third kappa shape index (κ3) is 3.82. The van der Waals surface area contributed by atoms with E-state index in [0.717, 1.165) is 25.7 Å². The minimum Gasteiger partial charge on any atom is -0.423 e. The van der Waals surface area contributed by atoms with E-state index in [1.54, 1.807) is 0 Å². The standard InChI is InChI=1S/C11H18BN3O3S/c1-19-11-13-6-9(12(17)18)10(15-11)14-7-2-4-8(16)5-3-7/h6-8,16-18H,2-5H2,1H3,(H,13,14,15)/t7-,8-. The van der Waals surface area contributed by atoms with Crippen LogP contribution in [0.15, 0.2) is 11.4 Å². The summed E-state index contributed by atoms with van der Waals surface area (Å²) in [6.45, 7) is 0. The Morgan fingerprint density at radius 1 is 1.32 bits per heavy atom. The first kappa shape index (κ1) is 14.6. The van der Waals surface area contributed by atoms with E-state index >= 15 is 0 Å². The predicted octanol–water partition coefficient (Wildman–Crippen LogP) is -0.406. The lowest BCUT2D eigenvalue weighted by molar-refractivity contribution is 0.126. The molecule has 0 bridgehead atoms. The van der Waals surface area contributed by atoms with Gasteiger partial charge in [-0.05, 0) is 31.9 Å². The highest BCUT2D eigenvalue weighted by Gasteiger charge is 2.23. The van der Waals surface area contributed by atoms with Gasteiger partial charge in [-0.3, -0.25) is 0 Å². The van der Waals surface area contributed by atoms with Gasteiger partial charge < -0.3 is 20.5 Å².